The Morgan fingerprint density at radius 2 is 1.80 bits per heavy atom. The number of rotatable bonds is 6. The molecule has 2 aromatic carbocycles. The van der Waals surface area contributed by atoms with Gasteiger partial charge in [0.2, 0.25) is 0 Å². The highest BCUT2D eigenvalue weighted by atomic mass is 32.2. The third-order valence-corrected chi connectivity index (χ3v) is 4.25. The van der Waals surface area contributed by atoms with Crippen molar-refractivity contribution in [1.82, 2.24) is 5.32 Å². The molecule has 20 heavy (non-hydrogen) atoms. The second-order valence-corrected chi connectivity index (χ2v) is 7.35. The van der Waals surface area contributed by atoms with Crippen LogP contribution in [0.5, 0.6) is 0 Å². The monoisotopic (exact) mass is 291 g/mol. The van der Waals surface area contributed by atoms with E-state index in [1.54, 1.807) is 0 Å². The molecule has 0 heterocycles. The number of benzene rings is 2. The van der Waals surface area contributed by atoms with Gasteiger partial charge in [0.1, 0.15) is 9.84 Å². The highest BCUT2D eigenvalue weighted by Gasteiger charge is 2.18. The zero-order chi connectivity index (χ0) is 14.6. The largest absolute Gasteiger partial charge is 0.309 e. The van der Waals surface area contributed by atoms with Crippen molar-refractivity contribution in [2.45, 2.75) is 19.4 Å². The van der Waals surface area contributed by atoms with Crippen molar-refractivity contribution in [2.24, 2.45) is 0 Å². The molecule has 0 aliphatic rings. The maximum absolute atomic E-state index is 11.7. The van der Waals surface area contributed by atoms with Gasteiger partial charge in [-0.1, -0.05) is 49.4 Å². The fourth-order valence-electron chi connectivity index (χ4n) is 2.43. The molecule has 1 unspecified atom stereocenters. The van der Waals surface area contributed by atoms with Crippen molar-refractivity contribution in [3.63, 3.8) is 0 Å². The average Bonchev–Trinajstić information content (AvgIpc) is 2.41. The summed E-state index contributed by atoms with van der Waals surface area (Å²) in [6, 6.07) is 14.0. The Kier molecular flexibility index (Phi) is 4.78. The van der Waals surface area contributed by atoms with Gasteiger partial charge in [0.25, 0.3) is 0 Å². The van der Waals surface area contributed by atoms with E-state index in [4.69, 9.17) is 0 Å². The van der Waals surface area contributed by atoms with Gasteiger partial charge >= 0.3 is 0 Å². The standard InChI is InChI=1S/C16H21NO2S/c1-3-11-17-16(12-20(2,18)19)15-10-6-8-13-7-4-5-9-14(13)15/h4-10,16-17H,3,11-12H2,1-2H3. The van der Waals surface area contributed by atoms with Gasteiger partial charge in [0.05, 0.1) is 5.75 Å². The molecule has 2 aromatic rings. The average molecular weight is 291 g/mol. The second kappa shape index (κ2) is 6.37. The minimum absolute atomic E-state index is 0.126. The van der Waals surface area contributed by atoms with Crippen LogP contribution in [-0.2, 0) is 9.84 Å². The summed E-state index contributed by atoms with van der Waals surface area (Å²) in [5.74, 6) is 0.126. The fraction of sp³-hybridized carbons (Fsp3) is 0.375. The van der Waals surface area contributed by atoms with Crippen molar-refractivity contribution in [3.05, 3.63) is 48.0 Å². The van der Waals surface area contributed by atoms with Crippen LogP contribution >= 0.6 is 0 Å². The van der Waals surface area contributed by atoms with E-state index < -0.39 is 9.84 Å². The molecule has 0 bridgehead atoms. The van der Waals surface area contributed by atoms with E-state index in [0.717, 1.165) is 29.3 Å². The number of nitrogens with one attached hydrogen (secondary N) is 1. The molecule has 4 heteroatoms. The molecule has 1 N–H and O–H groups in total. The zero-order valence-corrected chi connectivity index (χ0v) is 12.8. The third-order valence-electron chi connectivity index (χ3n) is 3.31. The van der Waals surface area contributed by atoms with E-state index in [1.165, 1.54) is 6.26 Å². The topological polar surface area (TPSA) is 46.2 Å². The Morgan fingerprint density at radius 1 is 1.10 bits per heavy atom. The van der Waals surface area contributed by atoms with Gasteiger partial charge in [-0.25, -0.2) is 8.42 Å². The molecular formula is C16H21NO2S. The van der Waals surface area contributed by atoms with Gasteiger partial charge in [0, 0.05) is 12.3 Å². The van der Waals surface area contributed by atoms with E-state index in [0.29, 0.717) is 0 Å². The molecule has 0 amide bonds. The molecule has 108 valence electrons. The summed E-state index contributed by atoms with van der Waals surface area (Å²) < 4.78 is 23.3. The Balaban J connectivity index is 2.44. The Bertz CT molecular complexity index is 674. The zero-order valence-electron chi connectivity index (χ0n) is 12.0. The lowest BCUT2D eigenvalue weighted by Crippen LogP contribution is -2.28. The Hall–Kier alpha value is -1.39. The highest BCUT2D eigenvalue weighted by Crippen LogP contribution is 2.25. The van der Waals surface area contributed by atoms with Crippen molar-refractivity contribution >= 4 is 20.6 Å². The molecule has 2 rings (SSSR count). The van der Waals surface area contributed by atoms with Crippen LogP contribution in [-0.4, -0.2) is 27.0 Å². The summed E-state index contributed by atoms with van der Waals surface area (Å²) in [5, 5.41) is 5.61. The third kappa shape index (κ3) is 3.81. The predicted octanol–water partition coefficient (Wildman–Crippen LogP) is 2.93. The van der Waals surface area contributed by atoms with Crippen LogP contribution < -0.4 is 5.32 Å². The van der Waals surface area contributed by atoms with Crippen LogP contribution in [0.15, 0.2) is 42.5 Å². The van der Waals surface area contributed by atoms with Gasteiger partial charge in [-0.05, 0) is 29.3 Å². The summed E-state index contributed by atoms with van der Waals surface area (Å²) in [6.07, 6.45) is 2.27. The lowest BCUT2D eigenvalue weighted by Gasteiger charge is -2.20. The maximum Gasteiger partial charge on any atom is 0.149 e. The first-order chi connectivity index (χ1) is 9.51. The van der Waals surface area contributed by atoms with Crippen LogP contribution in [0.2, 0.25) is 0 Å². The SMILES string of the molecule is CCCNC(CS(C)(=O)=O)c1cccc2ccccc12. The summed E-state index contributed by atoms with van der Waals surface area (Å²) in [7, 11) is -3.03. The molecule has 3 nitrogen and oxygen atoms in total. The quantitative estimate of drug-likeness (QED) is 0.890. The summed E-state index contributed by atoms with van der Waals surface area (Å²) in [4.78, 5) is 0. The molecule has 0 spiro atoms. The van der Waals surface area contributed by atoms with Gasteiger partial charge < -0.3 is 5.32 Å². The first-order valence-corrected chi connectivity index (χ1v) is 8.96. The van der Waals surface area contributed by atoms with E-state index in [-0.39, 0.29) is 11.8 Å². The number of hydrogen-bond donors (Lipinski definition) is 1. The lowest BCUT2D eigenvalue weighted by molar-refractivity contribution is 0.551. The molecule has 0 radical (unpaired) electrons. The summed E-state index contributed by atoms with van der Waals surface area (Å²) in [5.41, 5.74) is 1.06. The molecule has 0 aliphatic carbocycles. The molecule has 0 saturated carbocycles. The van der Waals surface area contributed by atoms with Crippen LogP contribution in [0, 0.1) is 0 Å². The molecule has 0 saturated heterocycles. The first kappa shape index (κ1) is 15.0. The van der Waals surface area contributed by atoms with Crippen molar-refractivity contribution in [1.29, 1.82) is 0 Å². The summed E-state index contributed by atoms with van der Waals surface area (Å²) in [6.45, 7) is 2.89. The van der Waals surface area contributed by atoms with Crippen LogP contribution in [0.3, 0.4) is 0 Å². The number of hydrogen-bond acceptors (Lipinski definition) is 3. The van der Waals surface area contributed by atoms with Crippen LogP contribution in [0.4, 0.5) is 0 Å². The van der Waals surface area contributed by atoms with E-state index in [1.807, 2.05) is 30.3 Å². The maximum atomic E-state index is 11.7. The molecule has 0 aliphatic heterocycles. The lowest BCUT2D eigenvalue weighted by atomic mass is 9.99. The molecular weight excluding hydrogens is 270 g/mol. The van der Waals surface area contributed by atoms with Crippen LogP contribution in [0.1, 0.15) is 24.9 Å². The normalized spacial score (nSPS) is 13.5. The van der Waals surface area contributed by atoms with Gasteiger partial charge in [-0.3, -0.25) is 0 Å². The number of fused-ring (bicyclic) bond motifs is 1. The van der Waals surface area contributed by atoms with Gasteiger partial charge in [-0.15, -0.1) is 0 Å². The molecule has 1 atom stereocenters. The Morgan fingerprint density at radius 3 is 2.50 bits per heavy atom. The van der Waals surface area contributed by atoms with Crippen molar-refractivity contribution < 1.29 is 8.42 Å². The predicted molar refractivity (Wildman–Crippen MR) is 84.7 cm³/mol. The fourth-order valence-corrected chi connectivity index (χ4v) is 3.34. The minimum atomic E-state index is -3.03. The van der Waals surface area contributed by atoms with Gasteiger partial charge in [0.15, 0.2) is 0 Å². The molecule has 0 aromatic heterocycles. The van der Waals surface area contributed by atoms with Crippen molar-refractivity contribution in [2.75, 3.05) is 18.6 Å². The van der Waals surface area contributed by atoms with Crippen LogP contribution in [0.25, 0.3) is 10.8 Å². The van der Waals surface area contributed by atoms with E-state index in [9.17, 15) is 8.42 Å². The number of sulfone groups is 1. The van der Waals surface area contributed by atoms with E-state index >= 15 is 0 Å². The second-order valence-electron chi connectivity index (χ2n) is 5.17. The highest BCUT2D eigenvalue weighted by molar-refractivity contribution is 7.90. The van der Waals surface area contributed by atoms with E-state index in [2.05, 4.69) is 24.4 Å². The van der Waals surface area contributed by atoms with Gasteiger partial charge in [-0.2, -0.15) is 0 Å². The summed E-state index contributed by atoms with van der Waals surface area (Å²) >= 11 is 0. The smallest absolute Gasteiger partial charge is 0.149 e. The Labute approximate surface area is 120 Å². The molecule has 0 fully saturated rings. The first-order valence-electron chi connectivity index (χ1n) is 6.90. The van der Waals surface area contributed by atoms with Crippen molar-refractivity contribution in [3.8, 4) is 0 Å². The minimum Gasteiger partial charge on any atom is -0.309 e.